The molecule has 3 aliphatic rings. The van der Waals surface area contributed by atoms with Crippen LogP contribution in [0.25, 0.3) is 0 Å². The van der Waals surface area contributed by atoms with Crippen molar-refractivity contribution in [3.63, 3.8) is 0 Å². The van der Waals surface area contributed by atoms with Crippen molar-refractivity contribution in [3.05, 3.63) is 0 Å². The maximum Gasteiger partial charge on any atom is 0.0238 e. The van der Waals surface area contributed by atoms with Crippen LogP contribution in [0, 0.1) is 5.92 Å². The zero-order valence-corrected chi connectivity index (χ0v) is 11.9. The summed E-state index contributed by atoms with van der Waals surface area (Å²) in [4.78, 5) is 5.56. The van der Waals surface area contributed by atoms with Gasteiger partial charge < -0.3 is 5.73 Å². The van der Waals surface area contributed by atoms with Gasteiger partial charge in [-0.1, -0.05) is 0 Å². The second-order valence-electron chi connectivity index (χ2n) is 6.75. The van der Waals surface area contributed by atoms with Gasteiger partial charge in [0, 0.05) is 31.2 Å². The number of nitrogens with zero attached hydrogens (tertiary/aromatic N) is 2. The minimum atomic E-state index is 0.817. The zero-order valence-electron chi connectivity index (χ0n) is 11.9. The molecule has 3 unspecified atom stereocenters. The molecule has 3 nitrogen and oxygen atoms in total. The van der Waals surface area contributed by atoms with Crippen LogP contribution in [0.5, 0.6) is 0 Å². The van der Waals surface area contributed by atoms with E-state index in [-0.39, 0.29) is 0 Å². The van der Waals surface area contributed by atoms with Crippen molar-refractivity contribution in [1.29, 1.82) is 0 Å². The quantitative estimate of drug-likeness (QED) is 0.825. The Labute approximate surface area is 112 Å². The second-order valence-corrected chi connectivity index (χ2v) is 6.75. The Kier molecular flexibility index (Phi) is 3.92. The number of rotatable bonds is 4. The normalized spacial score (nSPS) is 39.3. The molecule has 104 valence electrons. The van der Waals surface area contributed by atoms with Gasteiger partial charge >= 0.3 is 0 Å². The molecule has 0 spiro atoms. The molecule has 0 amide bonds. The van der Waals surface area contributed by atoms with Gasteiger partial charge in [-0.2, -0.15) is 0 Å². The van der Waals surface area contributed by atoms with Crippen molar-refractivity contribution < 1.29 is 0 Å². The molecule has 0 aromatic rings. The maximum atomic E-state index is 5.72. The Balaban J connectivity index is 1.54. The smallest absolute Gasteiger partial charge is 0.0238 e. The molecular weight excluding hydrogens is 222 g/mol. The Morgan fingerprint density at radius 3 is 2.67 bits per heavy atom. The number of hydrogen-bond donors (Lipinski definition) is 1. The molecule has 2 saturated heterocycles. The van der Waals surface area contributed by atoms with E-state index in [0.29, 0.717) is 0 Å². The molecule has 0 radical (unpaired) electrons. The van der Waals surface area contributed by atoms with Crippen molar-refractivity contribution in [2.75, 3.05) is 26.2 Å². The molecule has 0 aromatic heterocycles. The van der Waals surface area contributed by atoms with Crippen LogP contribution in [-0.4, -0.2) is 54.1 Å². The van der Waals surface area contributed by atoms with E-state index < -0.39 is 0 Å². The number of nitrogens with two attached hydrogens (primary N) is 1. The molecule has 3 heteroatoms. The van der Waals surface area contributed by atoms with Crippen LogP contribution < -0.4 is 5.73 Å². The lowest BCUT2D eigenvalue weighted by atomic mass is 9.93. The predicted octanol–water partition coefficient (Wildman–Crippen LogP) is 1.67. The van der Waals surface area contributed by atoms with Crippen LogP contribution in [0.4, 0.5) is 0 Å². The van der Waals surface area contributed by atoms with Crippen LogP contribution in [0.3, 0.4) is 0 Å². The van der Waals surface area contributed by atoms with Crippen LogP contribution in [-0.2, 0) is 0 Å². The molecule has 3 atom stereocenters. The summed E-state index contributed by atoms with van der Waals surface area (Å²) in [6, 6.07) is 2.59. The van der Waals surface area contributed by atoms with E-state index in [0.717, 1.165) is 30.6 Å². The highest BCUT2D eigenvalue weighted by Crippen LogP contribution is 2.35. The fourth-order valence-electron chi connectivity index (χ4n) is 4.11. The first-order valence-corrected chi connectivity index (χ1v) is 7.97. The molecule has 2 aliphatic heterocycles. The van der Waals surface area contributed by atoms with Gasteiger partial charge in [-0.05, 0) is 64.5 Å². The van der Waals surface area contributed by atoms with E-state index in [9.17, 15) is 0 Å². The van der Waals surface area contributed by atoms with Crippen LogP contribution in [0.1, 0.15) is 45.4 Å². The van der Waals surface area contributed by atoms with Gasteiger partial charge in [0.2, 0.25) is 0 Å². The van der Waals surface area contributed by atoms with Gasteiger partial charge in [0.1, 0.15) is 0 Å². The van der Waals surface area contributed by atoms with Crippen molar-refractivity contribution in [3.8, 4) is 0 Å². The average molecular weight is 251 g/mol. The molecule has 3 fully saturated rings. The average Bonchev–Trinajstić information content (AvgIpc) is 3.13. The third-order valence-corrected chi connectivity index (χ3v) is 5.26. The predicted molar refractivity (Wildman–Crippen MR) is 75.6 cm³/mol. The Morgan fingerprint density at radius 2 is 1.94 bits per heavy atom. The van der Waals surface area contributed by atoms with Crippen LogP contribution in [0.2, 0.25) is 0 Å². The van der Waals surface area contributed by atoms with E-state index in [1.165, 1.54) is 58.2 Å². The molecule has 0 bridgehead atoms. The molecule has 18 heavy (non-hydrogen) atoms. The van der Waals surface area contributed by atoms with Crippen molar-refractivity contribution >= 4 is 0 Å². The Hall–Kier alpha value is -0.120. The highest BCUT2D eigenvalue weighted by molar-refractivity contribution is 4.97. The molecule has 1 saturated carbocycles. The Morgan fingerprint density at radius 1 is 1.11 bits per heavy atom. The third kappa shape index (κ3) is 2.73. The lowest BCUT2D eigenvalue weighted by Crippen LogP contribution is -2.44. The summed E-state index contributed by atoms with van der Waals surface area (Å²) in [6.07, 6.45) is 8.32. The Bertz CT molecular complexity index is 275. The topological polar surface area (TPSA) is 32.5 Å². The first-order chi connectivity index (χ1) is 8.78. The number of likely N-dealkylation sites (tertiary alicyclic amines) is 2. The summed E-state index contributed by atoms with van der Waals surface area (Å²) >= 11 is 0. The minimum Gasteiger partial charge on any atom is -0.330 e. The van der Waals surface area contributed by atoms with Crippen LogP contribution in [0.15, 0.2) is 0 Å². The van der Waals surface area contributed by atoms with Gasteiger partial charge in [0.05, 0.1) is 0 Å². The summed E-state index contributed by atoms with van der Waals surface area (Å²) in [6.45, 7) is 7.28. The number of hydrogen-bond acceptors (Lipinski definition) is 3. The van der Waals surface area contributed by atoms with E-state index in [1.54, 1.807) is 0 Å². The van der Waals surface area contributed by atoms with E-state index in [4.69, 9.17) is 5.73 Å². The summed E-state index contributed by atoms with van der Waals surface area (Å²) in [7, 11) is 0. The third-order valence-electron chi connectivity index (χ3n) is 5.26. The van der Waals surface area contributed by atoms with Gasteiger partial charge in [-0.15, -0.1) is 0 Å². The second kappa shape index (κ2) is 5.48. The first kappa shape index (κ1) is 12.9. The monoisotopic (exact) mass is 251 g/mol. The molecular formula is C15H29N3. The van der Waals surface area contributed by atoms with Gasteiger partial charge in [0.25, 0.3) is 0 Å². The maximum absolute atomic E-state index is 5.72. The standard InChI is InChI=1S/C15H29N3/c1-12-9-15(11-18(12)14-4-5-14)17-8-2-3-13(10-17)6-7-16/h12-15H,2-11,16H2,1H3. The summed E-state index contributed by atoms with van der Waals surface area (Å²) in [5, 5.41) is 0. The SMILES string of the molecule is CC1CC(N2CCCC(CCN)C2)CN1C1CC1. The van der Waals surface area contributed by atoms with E-state index in [1.807, 2.05) is 0 Å². The largest absolute Gasteiger partial charge is 0.330 e. The molecule has 2 heterocycles. The summed E-state index contributed by atoms with van der Waals surface area (Å²) in [5.41, 5.74) is 5.72. The number of piperidine rings is 1. The summed E-state index contributed by atoms with van der Waals surface area (Å²) in [5.74, 6) is 0.869. The zero-order chi connectivity index (χ0) is 12.5. The molecule has 2 N–H and O–H groups in total. The van der Waals surface area contributed by atoms with Crippen molar-refractivity contribution in [2.24, 2.45) is 11.7 Å². The van der Waals surface area contributed by atoms with Crippen molar-refractivity contribution in [2.45, 2.75) is 63.6 Å². The highest BCUT2D eigenvalue weighted by Gasteiger charge is 2.41. The highest BCUT2D eigenvalue weighted by atomic mass is 15.3. The molecule has 0 aromatic carbocycles. The fourth-order valence-corrected chi connectivity index (χ4v) is 4.11. The fraction of sp³-hybridized carbons (Fsp3) is 1.00. The van der Waals surface area contributed by atoms with Gasteiger partial charge in [0.15, 0.2) is 0 Å². The first-order valence-electron chi connectivity index (χ1n) is 7.97. The molecule has 3 rings (SSSR count). The lowest BCUT2D eigenvalue weighted by Gasteiger charge is -2.36. The molecule has 1 aliphatic carbocycles. The van der Waals surface area contributed by atoms with E-state index >= 15 is 0 Å². The van der Waals surface area contributed by atoms with E-state index in [2.05, 4.69) is 16.7 Å². The van der Waals surface area contributed by atoms with Gasteiger partial charge in [-0.25, -0.2) is 0 Å². The summed E-state index contributed by atoms with van der Waals surface area (Å²) < 4.78 is 0. The van der Waals surface area contributed by atoms with Crippen molar-refractivity contribution in [1.82, 2.24) is 9.80 Å². The lowest BCUT2D eigenvalue weighted by molar-refractivity contribution is 0.120. The minimum absolute atomic E-state index is 0.817. The van der Waals surface area contributed by atoms with Gasteiger partial charge in [-0.3, -0.25) is 9.80 Å². The van der Waals surface area contributed by atoms with Crippen LogP contribution >= 0.6 is 0 Å².